The highest BCUT2D eigenvalue weighted by Crippen LogP contribution is 2.33. The number of benzene rings is 1. The monoisotopic (exact) mass is 343 g/mol. The van der Waals surface area contributed by atoms with Crippen molar-refractivity contribution in [2.24, 2.45) is 0 Å². The maximum atomic E-state index is 13.2. The van der Waals surface area contributed by atoms with Gasteiger partial charge < -0.3 is 14.3 Å². The maximum absolute atomic E-state index is 13.2. The van der Waals surface area contributed by atoms with E-state index in [-0.39, 0.29) is 17.5 Å². The summed E-state index contributed by atoms with van der Waals surface area (Å²) in [5.74, 6) is 0.679. The molecule has 4 rings (SSSR count). The first-order valence-electron chi connectivity index (χ1n) is 7.52. The van der Waals surface area contributed by atoms with E-state index >= 15 is 0 Å². The number of rotatable bonds is 4. The number of imidazole rings is 1. The van der Waals surface area contributed by atoms with Crippen molar-refractivity contribution in [3.8, 4) is 11.3 Å². The Bertz CT molecular complexity index is 872. The Labute approximate surface area is 141 Å². The van der Waals surface area contributed by atoms with Gasteiger partial charge in [0.05, 0.1) is 24.2 Å². The number of carbonyl (C=O) groups is 1. The summed E-state index contributed by atoms with van der Waals surface area (Å²) >= 11 is 1.68. The minimum Gasteiger partial charge on any atom is -0.459 e. The Kier molecular flexibility index (Phi) is 3.86. The smallest absolute Gasteiger partial charge is 0.287 e. The fourth-order valence-electron chi connectivity index (χ4n) is 2.71. The van der Waals surface area contributed by atoms with Crippen molar-refractivity contribution in [2.75, 3.05) is 5.75 Å². The minimum absolute atomic E-state index is 0.272. The van der Waals surface area contributed by atoms with Crippen LogP contribution in [0.4, 0.5) is 4.39 Å². The molecule has 2 aromatic heterocycles. The van der Waals surface area contributed by atoms with Gasteiger partial charge in [-0.3, -0.25) is 4.79 Å². The zero-order chi connectivity index (χ0) is 16.5. The number of hydrogen-bond donors (Lipinski definition) is 1. The van der Waals surface area contributed by atoms with Crippen molar-refractivity contribution < 1.29 is 13.6 Å². The fourth-order valence-corrected chi connectivity index (χ4v) is 3.68. The van der Waals surface area contributed by atoms with Gasteiger partial charge in [-0.1, -0.05) is 11.8 Å². The first-order chi connectivity index (χ1) is 11.7. The van der Waals surface area contributed by atoms with Gasteiger partial charge in [0.2, 0.25) is 0 Å². The van der Waals surface area contributed by atoms with Gasteiger partial charge in [0, 0.05) is 17.9 Å². The summed E-state index contributed by atoms with van der Waals surface area (Å²) in [4.78, 5) is 16.8. The number of carbonyl (C=O) groups excluding carboxylic acids is 1. The second-order valence-electron chi connectivity index (χ2n) is 5.36. The molecule has 24 heavy (non-hydrogen) atoms. The van der Waals surface area contributed by atoms with Crippen LogP contribution in [-0.2, 0) is 13.1 Å². The third-order valence-electron chi connectivity index (χ3n) is 3.86. The second kappa shape index (κ2) is 6.16. The quantitative estimate of drug-likeness (QED) is 0.789. The number of halogens is 1. The summed E-state index contributed by atoms with van der Waals surface area (Å²) in [5.41, 5.74) is 2.53. The van der Waals surface area contributed by atoms with Gasteiger partial charge >= 0.3 is 0 Å². The standard InChI is InChI=1S/C17H14FN3O2S/c18-12-5-3-11(4-6-12)15-13(21-7-9-24-17(21)20-15)10-19-16(22)14-2-1-8-23-14/h1-6,8H,7,9-10H2,(H,19,22). The molecule has 7 heteroatoms. The Balaban J connectivity index is 1.64. The van der Waals surface area contributed by atoms with E-state index in [0.29, 0.717) is 6.54 Å². The van der Waals surface area contributed by atoms with Crippen LogP contribution in [0.25, 0.3) is 11.3 Å². The van der Waals surface area contributed by atoms with E-state index in [1.807, 2.05) is 0 Å². The average molecular weight is 343 g/mol. The van der Waals surface area contributed by atoms with Gasteiger partial charge in [0.15, 0.2) is 10.9 Å². The van der Waals surface area contributed by atoms with Crippen molar-refractivity contribution in [1.29, 1.82) is 0 Å². The van der Waals surface area contributed by atoms with Crippen LogP contribution >= 0.6 is 11.8 Å². The highest BCUT2D eigenvalue weighted by Gasteiger charge is 2.23. The van der Waals surface area contributed by atoms with E-state index < -0.39 is 0 Å². The summed E-state index contributed by atoms with van der Waals surface area (Å²) in [5, 5.41) is 3.79. The van der Waals surface area contributed by atoms with Crippen LogP contribution < -0.4 is 5.32 Å². The van der Waals surface area contributed by atoms with Crippen LogP contribution in [0.15, 0.2) is 52.2 Å². The lowest BCUT2D eigenvalue weighted by Gasteiger charge is -2.09. The SMILES string of the molecule is O=C(NCc1c(-c2ccc(F)cc2)nc2n1CCS2)c1ccco1. The first-order valence-corrected chi connectivity index (χ1v) is 8.51. The summed E-state index contributed by atoms with van der Waals surface area (Å²) in [6.07, 6.45) is 1.46. The lowest BCUT2D eigenvalue weighted by molar-refractivity contribution is 0.0922. The Morgan fingerprint density at radius 1 is 1.33 bits per heavy atom. The van der Waals surface area contributed by atoms with Gasteiger partial charge in [-0.05, 0) is 36.4 Å². The van der Waals surface area contributed by atoms with Gasteiger partial charge in [0.25, 0.3) is 5.91 Å². The number of amides is 1. The van der Waals surface area contributed by atoms with Gasteiger partial charge in [-0.25, -0.2) is 9.37 Å². The van der Waals surface area contributed by atoms with E-state index in [1.165, 1.54) is 18.4 Å². The van der Waals surface area contributed by atoms with E-state index in [2.05, 4.69) is 14.9 Å². The second-order valence-corrected chi connectivity index (χ2v) is 6.42. The number of thioether (sulfide) groups is 1. The lowest BCUT2D eigenvalue weighted by atomic mass is 10.1. The van der Waals surface area contributed by atoms with Gasteiger partial charge in [-0.15, -0.1) is 0 Å². The van der Waals surface area contributed by atoms with Crippen molar-refractivity contribution in [3.05, 3.63) is 59.9 Å². The molecular formula is C17H14FN3O2S. The largest absolute Gasteiger partial charge is 0.459 e. The molecule has 1 N–H and O–H groups in total. The summed E-state index contributed by atoms with van der Waals surface area (Å²) in [6.45, 7) is 1.18. The number of furan rings is 1. The Hall–Kier alpha value is -2.54. The topological polar surface area (TPSA) is 60.1 Å². The molecule has 0 spiro atoms. The molecule has 1 aromatic carbocycles. The summed E-state index contributed by atoms with van der Waals surface area (Å²) in [7, 11) is 0. The molecule has 3 heterocycles. The molecule has 0 saturated heterocycles. The van der Waals surface area contributed by atoms with E-state index in [9.17, 15) is 9.18 Å². The van der Waals surface area contributed by atoms with Crippen LogP contribution in [0.2, 0.25) is 0 Å². The predicted molar refractivity (Wildman–Crippen MR) is 88.2 cm³/mol. The summed E-state index contributed by atoms with van der Waals surface area (Å²) in [6, 6.07) is 9.53. The Morgan fingerprint density at radius 3 is 2.92 bits per heavy atom. The van der Waals surface area contributed by atoms with Crippen LogP contribution in [0.3, 0.4) is 0 Å². The lowest BCUT2D eigenvalue weighted by Crippen LogP contribution is -2.24. The van der Waals surface area contributed by atoms with Crippen LogP contribution in [0.1, 0.15) is 16.2 Å². The average Bonchev–Trinajstić information content (AvgIpc) is 3.31. The molecule has 0 atom stereocenters. The van der Waals surface area contributed by atoms with Crippen molar-refractivity contribution in [1.82, 2.24) is 14.9 Å². The number of fused-ring (bicyclic) bond motifs is 1. The zero-order valence-electron chi connectivity index (χ0n) is 12.7. The third-order valence-corrected chi connectivity index (χ3v) is 4.82. The molecule has 0 radical (unpaired) electrons. The summed E-state index contributed by atoms with van der Waals surface area (Å²) < 4.78 is 20.4. The predicted octanol–water partition coefficient (Wildman–Crippen LogP) is 3.32. The van der Waals surface area contributed by atoms with E-state index in [0.717, 1.165) is 34.4 Å². The molecule has 1 aliphatic rings. The Morgan fingerprint density at radius 2 is 2.17 bits per heavy atom. The number of nitrogens with zero attached hydrogens (tertiary/aromatic N) is 2. The van der Waals surface area contributed by atoms with Crippen molar-refractivity contribution in [2.45, 2.75) is 18.2 Å². The molecule has 0 saturated carbocycles. The molecule has 0 fully saturated rings. The molecule has 1 aliphatic heterocycles. The van der Waals surface area contributed by atoms with Gasteiger partial charge in [0.1, 0.15) is 5.82 Å². The minimum atomic E-state index is -0.285. The first kappa shape index (κ1) is 15.0. The normalized spacial score (nSPS) is 13.0. The molecular weight excluding hydrogens is 329 g/mol. The molecule has 0 unspecified atom stereocenters. The zero-order valence-corrected chi connectivity index (χ0v) is 13.5. The molecule has 0 bridgehead atoms. The van der Waals surface area contributed by atoms with Crippen molar-refractivity contribution >= 4 is 17.7 Å². The number of hydrogen-bond acceptors (Lipinski definition) is 4. The van der Waals surface area contributed by atoms with E-state index in [1.54, 1.807) is 36.0 Å². The van der Waals surface area contributed by atoms with Crippen LogP contribution in [0.5, 0.6) is 0 Å². The molecule has 0 aliphatic carbocycles. The number of aromatic nitrogens is 2. The molecule has 122 valence electrons. The third kappa shape index (κ3) is 2.71. The van der Waals surface area contributed by atoms with Crippen LogP contribution in [-0.4, -0.2) is 21.2 Å². The van der Waals surface area contributed by atoms with Crippen LogP contribution in [0, 0.1) is 5.82 Å². The molecule has 1 amide bonds. The highest BCUT2D eigenvalue weighted by atomic mass is 32.2. The maximum Gasteiger partial charge on any atom is 0.287 e. The fraction of sp³-hybridized carbons (Fsp3) is 0.176. The van der Waals surface area contributed by atoms with E-state index in [4.69, 9.17) is 4.42 Å². The van der Waals surface area contributed by atoms with Crippen molar-refractivity contribution in [3.63, 3.8) is 0 Å². The highest BCUT2D eigenvalue weighted by molar-refractivity contribution is 7.99. The van der Waals surface area contributed by atoms with Gasteiger partial charge in [-0.2, -0.15) is 0 Å². The molecule has 3 aromatic rings. The molecule has 5 nitrogen and oxygen atoms in total. The number of nitrogens with one attached hydrogen (secondary N) is 1.